The van der Waals surface area contributed by atoms with Gasteiger partial charge in [-0.1, -0.05) is 25.5 Å². The lowest BCUT2D eigenvalue weighted by molar-refractivity contribution is 0.784. The first kappa shape index (κ1) is 9.45. The molecule has 1 heteroatoms. The third kappa shape index (κ3) is 1.47. The molecule has 0 N–H and O–H groups in total. The molecule has 0 amide bonds. The molecule has 0 saturated carbocycles. The zero-order chi connectivity index (χ0) is 10.1. The number of aromatic nitrogens is 1. The Morgan fingerprint density at radius 3 is 2.79 bits per heavy atom. The SMILES string of the molecule is CC1=c2cccnc2=C(C(C)C)CC1. The molecule has 0 aromatic carbocycles. The summed E-state index contributed by atoms with van der Waals surface area (Å²) >= 11 is 0. The van der Waals surface area contributed by atoms with E-state index in [1.165, 1.54) is 34.6 Å². The Bertz CT molecular complexity index is 454. The van der Waals surface area contributed by atoms with Gasteiger partial charge >= 0.3 is 0 Å². The summed E-state index contributed by atoms with van der Waals surface area (Å²) in [7, 11) is 0. The van der Waals surface area contributed by atoms with Crippen molar-refractivity contribution in [2.75, 3.05) is 0 Å². The summed E-state index contributed by atoms with van der Waals surface area (Å²) in [6.45, 7) is 6.74. The second-order valence-corrected chi connectivity index (χ2v) is 4.36. The van der Waals surface area contributed by atoms with Crippen molar-refractivity contribution in [1.29, 1.82) is 0 Å². The molecule has 0 aliphatic heterocycles. The molecule has 1 nitrogen and oxygen atoms in total. The van der Waals surface area contributed by atoms with Crippen LogP contribution >= 0.6 is 0 Å². The predicted molar refractivity (Wildman–Crippen MR) is 60.0 cm³/mol. The number of hydrogen-bond donors (Lipinski definition) is 0. The predicted octanol–water partition coefficient (Wildman–Crippen LogP) is 1.85. The number of fused-ring (bicyclic) bond motifs is 1. The molecule has 0 bridgehead atoms. The number of hydrogen-bond acceptors (Lipinski definition) is 1. The Kier molecular flexibility index (Phi) is 2.40. The topological polar surface area (TPSA) is 12.9 Å². The van der Waals surface area contributed by atoms with Gasteiger partial charge in [0.05, 0.1) is 5.35 Å². The highest BCUT2D eigenvalue weighted by molar-refractivity contribution is 5.56. The van der Waals surface area contributed by atoms with Crippen molar-refractivity contribution in [3.63, 3.8) is 0 Å². The molecule has 1 aromatic heterocycles. The fraction of sp³-hybridized carbons (Fsp3) is 0.462. The Hall–Kier alpha value is -1.11. The third-order valence-corrected chi connectivity index (χ3v) is 3.04. The normalized spacial score (nSPS) is 16.0. The molecule has 0 unspecified atom stereocenters. The van der Waals surface area contributed by atoms with E-state index in [1.54, 1.807) is 0 Å². The molecule has 0 fully saturated rings. The average Bonchev–Trinajstić information content (AvgIpc) is 2.18. The molecule has 74 valence electrons. The van der Waals surface area contributed by atoms with Gasteiger partial charge in [-0.25, -0.2) is 0 Å². The first-order valence-electron chi connectivity index (χ1n) is 5.34. The maximum Gasteiger partial charge on any atom is 0.0696 e. The summed E-state index contributed by atoms with van der Waals surface area (Å²) in [6.07, 6.45) is 4.29. The summed E-state index contributed by atoms with van der Waals surface area (Å²) < 4.78 is 0. The molecule has 1 aliphatic carbocycles. The van der Waals surface area contributed by atoms with Gasteiger partial charge in [0.1, 0.15) is 0 Å². The second-order valence-electron chi connectivity index (χ2n) is 4.36. The lowest BCUT2D eigenvalue weighted by atomic mass is 9.90. The first-order chi connectivity index (χ1) is 6.70. The lowest BCUT2D eigenvalue weighted by Crippen LogP contribution is -2.35. The van der Waals surface area contributed by atoms with Gasteiger partial charge in [0.2, 0.25) is 0 Å². The minimum atomic E-state index is 0.622. The number of pyridine rings is 1. The summed E-state index contributed by atoms with van der Waals surface area (Å²) in [6, 6.07) is 4.23. The van der Waals surface area contributed by atoms with Crippen LogP contribution in [0.5, 0.6) is 0 Å². The minimum Gasteiger partial charge on any atom is -0.256 e. The van der Waals surface area contributed by atoms with Gasteiger partial charge in [-0.15, -0.1) is 0 Å². The minimum absolute atomic E-state index is 0.622. The van der Waals surface area contributed by atoms with Crippen molar-refractivity contribution >= 4 is 11.1 Å². The Labute approximate surface area is 85.2 Å². The maximum atomic E-state index is 4.51. The van der Waals surface area contributed by atoms with E-state index in [-0.39, 0.29) is 0 Å². The molecule has 1 aromatic rings. The van der Waals surface area contributed by atoms with Crippen LogP contribution in [0.25, 0.3) is 11.1 Å². The van der Waals surface area contributed by atoms with Crippen molar-refractivity contribution in [3.05, 3.63) is 28.9 Å². The summed E-state index contributed by atoms with van der Waals surface area (Å²) in [5.74, 6) is 0.622. The van der Waals surface area contributed by atoms with Crippen LogP contribution in [-0.4, -0.2) is 4.98 Å². The average molecular weight is 187 g/mol. The van der Waals surface area contributed by atoms with E-state index >= 15 is 0 Å². The smallest absolute Gasteiger partial charge is 0.0696 e. The van der Waals surface area contributed by atoms with Gasteiger partial charge in [0.25, 0.3) is 0 Å². The van der Waals surface area contributed by atoms with E-state index in [4.69, 9.17) is 0 Å². The molecule has 0 atom stereocenters. The molecule has 0 spiro atoms. The molecule has 1 aliphatic rings. The molecule has 2 rings (SSSR count). The van der Waals surface area contributed by atoms with Crippen LogP contribution in [-0.2, 0) is 0 Å². The van der Waals surface area contributed by atoms with E-state index in [0.717, 1.165) is 0 Å². The zero-order valence-corrected chi connectivity index (χ0v) is 9.17. The second kappa shape index (κ2) is 3.56. The maximum absolute atomic E-state index is 4.51. The van der Waals surface area contributed by atoms with Crippen LogP contribution in [0, 0.1) is 5.92 Å². The Balaban J connectivity index is 2.83. The van der Waals surface area contributed by atoms with E-state index in [2.05, 4.69) is 31.8 Å². The van der Waals surface area contributed by atoms with Crippen molar-refractivity contribution < 1.29 is 0 Å². The molecular weight excluding hydrogens is 170 g/mol. The van der Waals surface area contributed by atoms with E-state index in [0.29, 0.717) is 5.92 Å². The van der Waals surface area contributed by atoms with Crippen molar-refractivity contribution in [3.8, 4) is 0 Å². The van der Waals surface area contributed by atoms with Gasteiger partial charge in [0.15, 0.2) is 0 Å². The van der Waals surface area contributed by atoms with Crippen molar-refractivity contribution in [1.82, 2.24) is 4.98 Å². The van der Waals surface area contributed by atoms with Gasteiger partial charge < -0.3 is 0 Å². The fourth-order valence-corrected chi connectivity index (χ4v) is 2.14. The zero-order valence-electron chi connectivity index (χ0n) is 9.17. The highest BCUT2D eigenvalue weighted by atomic mass is 14.6. The van der Waals surface area contributed by atoms with Crippen molar-refractivity contribution in [2.24, 2.45) is 5.92 Å². The highest BCUT2D eigenvalue weighted by Gasteiger charge is 2.11. The van der Waals surface area contributed by atoms with Crippen LogP contribution in [0.3, 0.4) is 0 Å². The first-order valence-corrected chi connectivity index (χ1v) is 5.34. The van der Waals surface area contributed by atoms with Gasteiger partial charge in [0, 0.05) is 6.20 Å². The number of nitrogens with zero attached hydrogens (tertiary/aromatic N) is 1. The largest absolute Gasteiger partial charge is 0.256 e. The number of rotatable bonds is 1. The monoisotopic (exact) mass is 187 g/mol. The molecule has 0 saturated heterocycles. The molecule has 1 heterocycles. The standard InChI is InChI=1S/C13H17N/c1-9(2)11-7-6-10(3)12-5-4-8-14-13(11)12/h4-5,8-9H,6-7H2,1-3H3. The van der Waals surface area contributed by atoms with Crippen LogP contribution in [0.15, 0.2) is 18.3 Å². The van der Waals surface area contributed by atoms with E-state index in [9.17, 15) is 0 Å². The quantitative estimate of drug-likeness (QED) is 0.654. The lowest BCUT2D eigenvalue weighted by Gasteiger charge is -2.16. The van der Waals surface area contributed by atoms with Crippen LogP contribution in [0.2, 0.25) is 0 Å². The molecule has 14 heavy (non-hydrogen) atoms. The van der Waals surface area contributed by atoms with Crippen LogP contribution < -0.4 is 10.6 Å². The third-order valence-electron chi connectivity index (χ3n) is 3.04. The molecule has 0 radical (unpaired) electrons. The van der Waals surface area contributed by atoms with Crippen LogP contribution in [0.4, 0.5) is 0 Å². The van der Waals surface area contributed by atoms with Gasteiger partial charge in [-0.05, 0) is 42.5 Å². The summed E-state index contributed by atoms with van der Waals surface area (Å²) in [4.78, 5) is 4.51. The summed E-state index contributed by atoms with van der Waals surface area (Å²) in [5.41, 5.74) is 3.00. The Morgan fingerprint density at radius 1 is 1.29 bits per heavy atom. The van der Waals surface area contributed by atoms with Crippen LogP contribution in [0.1, 0.15) is 33.6 Å². The Morgan fingerprint density at radius 2 is 2.07 bits per heavy atom. The van der Waals surface area contributed by atoms with Crippen molar-refractivity contribution in [2.45, 2.75) is 33.6 Å². The highest BCUT2D eigenvalue weighted by Crippen LogP contribution is 2.20. The summed E-state index contributed by atoms with van der Waals surface area (Å²) in [5, 5.41) is 2.61. The van der Waals surface area contributed by atoms with Gasteiger partial charge in [-0.3, -0.25) is 4.98 Å². The molecular formula is C13H17N. The van der Waals surface area contributed by atoms with E-state index < -0.39 is 0 Å². The van der Waals surface area contributed by atoms with Gasteiger partial charge in [-0.2, -0.15) is 0 Å². The van der Waals surface area contributed by atoms with E-state index in [1.807, 2.05) is 12.3 Å². The fourth-order valence-electron chi connectivity index (χ4n) is 2.14.